The van der Waals surface area contributed by atoms with Crippen molar-refractivity contribution in [1.29, 1.82) is 5.26 Å². The summed E-state index contributed by atoms with van der Waals surface area (Å²) in [5.74, 6) is -0.955. The highest BCUT2D eigenvalue weighted by atomic mass is 16.5. The van der Waals surface area contributed by atoms with Crippen molar-refractivity contribution in [2.24, 2.45) is 5.92 Å². The summed E-state index contributed by atoms with van der Waals surface area (Å²) in [6, 6.07) is 11.4. The van der Waals surface area contributed by atoms with E-state index in [0.29, 0.717) is 41.2 Å². The van der Waals surface area contributed by atoms with Gasteiger partial charge in [-0.1, -0.05) is 45.2 Å². The third-order valence-electron chi connectivity index (χ3n) is 5.40. The highest BCUT2D eigenvalue weighted by molar-refractivity contribution is 5.92. The van der Waals surface area contributed by atoms with E-state index < -0.39 is 17.9 Å². The van der Waals surface area contributed by atoms with Gasteiger partial charge in [0.2, 0.25) is 12.3 Å². The first kappa shape index (κ1) is 25.6. The molecule has 1 aromatic heterocycles. The number of amides is 3. The second kappa shape index (κ2) is 13.0. The molecule has 176 valence electrons. The number of hydroxylamine groups is 2. The van der Waals surface area contributed by atoms with Crippen molar-refractivity contribution in [3.05, 3.63) is 47.7 Å². The Kier molecular flexibility index (Phi) is 10.1. The summed E-state index contributed by atoms with van der Waals surface area (Å²) < 4.78 is 5.59. The van der Waals surface area contributed by atoms with Gasteiger partial charge in [-0.25, -0.2) is 5.06 Å². The Morgan fingerprint density at radius 3 is 2.67 bits per heavy atom. The van der Waals surface area contributed by atoms with Gasteiger partial charge in [-0.2, -0.15) is 5.26 Å². The molecule has 9 nitrogen and oxygen atoms in total. The van der Waals surface area contributed by atoms with Crippen LogP contribution in [0.15, 0.2) is 40.8 Å². The zero-order valence-corrected chi connectivity index (χ0v) is 18.9. The summed E-state index contributed by atoms with van der Waals surface area (Å²) in [4.78, 5) is 36.2. The van der Waals surface area contributed by atoms with Gasteiger partial charge in [-0.05, 0) is 37.1 Å². The fourth-order valence-corrected chi connectivity index (χ4v) is 3.63. The molecule has 0 aliphatic carbocycles. The van der Waals surface area contributed by atoms with E-state index >= 15 is 0 Å². The predicted octanol–water partition coefficient (Wildman–Crippen LogP) is 3.44. The van der Waals surface area contributed by atoms with Gasteiger partial charge in [0.1, 0.15) is 5.76 Å². The Bertz CT molecular complexity index is 981. The number of nitriles is 1. The van der Waals surface area contributed by atoms with E-state index in [1.165, 1.54) is 6.07 Å². The molecule has 0 saturated carbocycles. The average molecular weight is 455 g/mol. The summed E-state index contributed by atoms with van der Waals surface area (Å²) in [5, 5.41) is 24.7. The molecule has 1 heterocycles. The van der Waals surface area contributed by atoms with Crippen molar-refractivity contribution in [3.63, 3.8) is 0 Å². The quantitative estimate of drug-likeness (QED) is 0.139. The number of nitrogens with one attached hydrogen (secondary N) is 2. The SMILES string of the molecule is CCCCCC(C(=O)NCNC(=O)c1ccc(-c2cccc(C#N)c2)o1)C(CC)N(O)C=O. The van der Waals surface area contributed by atoms with Gasteiger partial charge in [0.05, 0.1) is 30.3 Å². The van der Waals surface area contributed by atoms with E-state index in [1.54, 1.807) is 37.3 Å². The number of carbonyl (C=O) groups is 3. The highest BCUT2D eigenvalue weighted by Gasteiger charge is 2.30. The van der Waals surface area contributed by atoms with Crippen LogP contribution in [0.2, 0.25) is 0 Å². The number of furan rings is 1. The maximum atomic E-state index is 12.8. The summed E-state index contributed by atoms with van der Waals surface area (Å²) in [5.41, 5.74) is 1.15. The molecular formula is C24H30N4O5. The van der Waals surface area contributed by atoms with Gasteiger partial charge in [0, 0.05) is 5.56 Å². The Balaban J connectivity index is 1.97. The van der Waals surface area contributed by atoms with Crippen LogP contribution >= 0.6 is 0 Å². The number of nitrogens with zero attached hydrogens (tertiary/aromatic N) is 2. The third-order valence-corrected chi connectivity index (χ3v) is 5.40. The molecule has 3 amide bonds. The number of hydrogen-bond donors (Lipinski definition) is 3. The molecule has 0 spiro atoms. The minimum atomic E-state index is -0.646. The number of rotatable bonds is 13. The topological polar surface area (TPSA) is 136 Å². The predicted molar refractivity (Wildman–Crippen MR) is 121 cm³/mol. The number of hydrogen-bond acceptors (Lipinski definition) is 6. The van der Waals surface area contributed by atoms with E-state index in [2.05, 4.69) is 16.7 Å². The summed E-state index contributed by atoms with van der Waals surface area (Å²) >= 11 is 0. The fraction of sp³-hybridized carbons (Fsp3) is 0.417. The van der Waals surface area contributed by atoms with Gasteiger partial charge < -0.3 is 15.1 Å². The van der Waals surface area contributed by atoms with Crippen LogP contribution in [0, 0.1) is 17.2 Å². The molecule has 2 rings (SSSR count). The lowest BCUT2D eigenvalue weighted by atomic mass is 9.90. The summed E-state index contributed by atoms with van der Waals surface area (Å²) in [6.45, 7) is 3.71. The van der Waals surface area contributed by atoms with Crippen molar-refractivity contribution < 1.29 is 24.0 Å². The Morgan fingerprint density at radius 2 is 2.00 bits per heavy atom. The summed E-state index contributed by atoms with van der Waals surface area (Å²) in [7, 11) is 0. The number of unbranched alkanes of at least 4 members (excludes halogenated alkanes) is 2. The third kappa shape index (κ3) is 7.19. The maximum Gasteiger partial charge on any atom is 0.288 e. The van der Waals surface area contributed by atoms with Crippen molar-refractivity contribution in [2.45, 2.75) is 52.0 Å². The second-order valence-electron chi connectivity index (χ2n) is 7.64. The molecule has 2 atom stereocenters. The van der Waals surface area contributed by atoms with Crippen LogP contribution in [0.3, 0.4) is 0 Å². The molecule has 0 bridgehead atoms. The lowest BCUT2D eigenvalue weighted by Crippen LogP contribution is -2.47. The van der Waals surface area contributed by atoms with E-state index in [1.807, 2.05) is 6.92 Å². The molecule has 3 N–H and O–H groups in total. The van der Waals surface area contributed by atoms with Crippen molar-refractivity contribution in [2.75, 3.05) is 6.67 Å². The van der Waals surface area contributed by atoms with Crippen LogP contribution in [-0.2, 0) is 9.59 Å². The Morgan fingerprint density at radius 1 is 1.21 bits per heavy atom. The molecule has 0 fully saturated rings. The molecule has 2 aromatic rings. The molecule has 9 heteroatoms. The van der Waals surface area contributed by atoms with Gasteiger partial charge in [0.25, 0.3) is 5.91 Å². The lowest BCUT2D eigenvalue weighted by Gasteiger charge is -2.29. The first-order valence-corrected chi connectivity index (χ1v) is 11.0. The van der Waals surface area contributed by atoms with Crippen molar-refractivity contribution in [1.82, 2.24) is 15.7 Å². The molecule has 0 aliphatic rings. The number of carbonyl (C=O) groups excluding carboxylic acids is 3. The zero-order chi connectivity index (χ0) is 24.2. The normalized spacial score (nSPS) is 12.3. The second-order valence-corrected chi connectivity index (χ2v) is 7.64. The van der Waals surface area contributed by atoms with Crippen LogP contribution in [-0.4, -0.2) is 41.2 Å². The van der Waals surface area contributed by atoms with Crippen molar-refractivity contribution >= 4 is 18.2 Å². The van der Waals surface area contributed by atoms with Gasteiger partial charge in [-0.3, -0.25) is 19.6 Å². The van der Waals surface area contributed by atoms with Crippen LogP contribution < -0.4 is 10.6 Å². The van der Waals surface area contributed by atoms with Crippen LogP contribution in [0.5, 0.6) is 0 Å². The zero-order valence-electron chi connectivity index (χ0n) is 18.9. The standard InChI is InChI=1S/C24H30N4O5/c1-3-5-6-10-19(20(4-2)28(32)16-29)23(30)26-15-27-24(31)22-12-11-21(33-22)18-9-7-8-17(13-18)14-25/h7-9,11-13,16,19-20,32H,3-6,10,15H2,1-2H3,(H,26,30)(H,27,31). The molecule has 33 heavy (non-hydrogen) atoms. The molecule has 0 radical (unpaired) electrons. The molecule has 0 aliphatic heterocycles. The molecule has 1 aromatic carbocycles. The van der Waals surface area contributed by atoms with Gasteiger partial charge in [0.15, 0.2) is 5.76 Å². The Hall–Kier alpha value is -3.64. The van der Waals surface area contributed by atoms with E-state index in [-0.39, 0.29) is 18.3 Å². The highest BCUT2D eigenvalue weighted by Crippen LogP contribution is 2.23. The van der Waals surface area contributed by atoms with E-state index in [9.17, 15) is 19.6 Å². The first-order chi connectivity index (χ1) is 15.9. The minimum absolute atomic E-state index is 0.0648. The molecular weight excluding hydrogens is 424 g/mol. The lowest BCUT2D eigenvalue weighted by molar-refractivity contribution is -0.168. The molecule has 2 unspecified atom stereocenters. The van der Waals surface area contributed by atoms with E-state index in [0.717, 1.165) is 19.3 Å². The average Bonchev–Trinajstić information content (AvgIpc) is 3.33. The van der Waals surface area contributed by atoms with E-state index in [4.69, 9.17) is 9.68 Å². The van der Waals surface area contributed by atoms with Crippen LogP contribution in [0.4, 0.5) is 0 Å². The monoisotopic (exact) mass is 454 g/mol. The minimum Gasteiger partial charge on any atom is -0.451 e. The smallest absolute Gasteiger partial charge is 0.288 e. The van der Waals surface area contributed by atoms with Crippen molar-refractivity contribution in [3.8, 4) is 17.4 Å². The van der Waals surface area contributed by atoms with Crippen LogP contribution in [0.25, 0.3) is 11.3 Å². The largest absolute Gasteiger partial charge is 0.451 e. The van der Waals surface area contributed by atoms with Gasteiger partial charge >= 0.3 is 0 Å². The van der Waals surface area contributed by atoms with Gasteiger partial charge in [-0.15, -0.1) is 0 Å². The van der Waals surface area contributed by atoms with Crippen LogP contribution in [0.1, 0.15) is 62.1 Å². The fourth-order valence-electron chi connectivity index (χ4n) is 3.63. The number of benzene rings is 1. The molecule has 0 saturated heterocycles. The Labute approximate surface area is 193 Å². The maximum absolute atomic E-state index is 12.8. The summed E-state index contributed by atoms with van der Waals surface area (Å²) in [6.07, 6.45) is 3.92. The first-order valence-electron chi connectivity index (χ1n) is 11.0.